The summed E-state index contributed by atoms with van der Waals surface area (Å²) < 4.78 is 75.9. The van der Waals surface area contributed by atoms with Gasteiger partial charge in [0, 0.05) is 0 Å². The fraction of sp³-hybridized carbons (Fsp3) is 0.833. The summed E-state index contributed by atoms with van der Waals surface area (Å²) in [6.45, 7) is -2.70. The standard InChI is InChI=1S/C6H5F5O6/c7-4(14-1-3(12)13)5(8,16-2-15-4)17-6(9,10)11/h1-2H2,(H,12,13). The number of carboxylic acids is 1. The highest BCUT2D eigenvalue weighted by atomic mass is 19.4. The summed E-state index contributed by atoms with van der Waals surface area (Å²) in [5.41, 5.74) is 0. The van der Waals surface area contributed by atoms with Crippen molar-refractivity contribution < 1.29 is 50.8 Å². The van der Waals surface area contributed by atoms with E-state index in [1.807, 2.05) is 0 Å². The molecule has 0 aromatic carbocycles. The normalized spacial score (nSPS) is 33.9. The van der Waals surface area contributed by atoms with E-state index in [1.165, 1.54) is 0 Å². The molecule has 0 amide bonds. The van der Waals surface area contributed by atoms with Crippen LogP contribution in [-0.4, -0.2) is 42.9 Å². The lowest BCUT2D eigenvalue weighted by Gasteiger charge is -2.28. The van der Waals surface area contributed by atoms with Crippen molar-refractivity contribution >= 4 is 5.97 Å². The third-order valence-corrected chi connectivity index (χ3v) is 1.47. The number of hydrogen-bond donors (Lipinski definition) is 1. The second-order valence-electron chi connectivity index (χ2n) is 2.71. The zero-order valence-corrected chi connectivity index (χ0v) is 7.79. The molecule has 1 rings (SSSR count). The van der Waals surface area contributed by atoms with Gasteiger partial charge in [0.25, 0.3) is 0 Å². The van der Waals surface area contributed by atoms with Crippen LogP contribution in [0.1, 0.15) is 0 Å². The minimum atomic E-state index is -5.58. The molecule has 1 N–H and O–H groups in total. The second-order valence-corrected chi connectivity index (χ2v) is 2.71. The van der Waals surface area contributed by atoms with Gasteiger partial charge in [-0.2, -0.15) is 8.78 Å². The number of rotatable bonds is 4. The van der Waals surface area contributed by atoms with Crippen LogP contribution in [-0.2, 0) is 23.7 Å². The maximum absolute atomic E-state index is 13.4. The van der Waals surface area contributed by atoms with Gasteiger partial charge in [0.2, 0.25) is 0 Å². The zero-order valence-electron chi connectivity index (χ0n) is 7.79. The largest absolute Gasteiger partial charge is 0.527 e. The van der Waals surface area contributed by atoms with Crippen LogP contribution in [0.25, 0.3) is 0 Å². The Labute approximate surface area is 89.8 Å². The van der Waals surface area contributed by atoms with Gasteiger partial charge >= 0.3 is 24.4 Å². The molecule has 0 spiro atoms. The molecule has 17 heavy (non-hydrogen) atoms. The third kappa shape index (κ3) is 3.21. The van der Waals surface area contributed by atoms with Crippen molar-refractivity contribution in [3.05, 3.63) is 0 Å². The number of ether oxygens (including phenoxy) is 4. The molecule has 11 heteroatoms. The first-order chi connectivity index (χ1) is 7.58. The van der Waals surface area contributed by atoms with E-state index in [0.29, 0.717) is 0 Å². The zero-order chi connectivity index (χ0) is 13.3. The van der Waals surface area contributed by atoms with Crippen LogP contribution in [0.5, 0.6) is 0 Å². The Bertz CT molecular complexity index is 308. The quantitative estimate of drug-likeness (QED) is 0.763. The van der Waals surface area contributed by atoms with Crippen LogP contribution < -0.4 is 0 Å². The predicted molar refractivity (Wildman–Crippen MR) is 35.4 cm³/mol. The van der Waals surface area contributed by atoms with E-state index in [-0.39, 0.29) is 0 Å². The maximum Gasteiger partial charge on any atom is 0.527 e. The lowest BCUT2D eigenvalue weighted by atomic mass is 10.5. The van der Waals surface area contributed by atoms with Gasteiger partial charge in [-0.3, -0.25) is 9.47 Å². The predicted octanol–water partition coefficient (Wildman–Crippen LogP) is 0.875. The van der Waals surface area contributed by atoms with Crippen LogP contribution in [0, 0.1) is 0 Å². The Kier molecular flexibility index (Phi) is 3.57. The Morgan fingerprint density at radius 3 is 2.29 bits per heavy atom. The topological polar surface area (TPSA) is 74.2 Å². The lowest BCUT2D eigenvalue weighted by molar-refractivity contribution is -0.506. The van der Waals surface area contributed by atoms with Crippen molar-refractivity contribution in [2.24, 2.45) is 0 Å². The molecule has 1 saturated heterocycles. The van der Waals surface area contributed by atoms with E-state index in [4.69, 9.17) is 5.11 Å². The first-order valence-corrected chi connectivity index (χ1v) is 3.86. The SMILES string of the molecule is O=C(O)COC1(F)OCOC1(F)OC(F)(F)F. The Morgan fingerprint density at radius 1 is 1.29 bits per heavy atom. The number of carboxylic acid groups (broad SMARTS) is 1. The summed E-state index contributed by atoms with van der Waals surface area (Å²) in [4.78, 5) is 10.0. The first kappa shape index (κ1) is 14.0. The molecule has 1 aliphatic rings. The highest BCUT2D eigenvalue weighted by Crippen LogP contribution is 2.44. The fourth-order valence-corrected chi connectivity index (χ4v) is 0.875. The summed E-state index contributed by atoms with van der Waals surface area (Å²) in [7, 11) is 0. The van der Waals surface area contributed by atoms with Gasteiger partial charge in [0.15, 0.2) is 13.4 Å². The van der Waals surface area contributed by atoms with Gasteiger partial charge in [-0.05, 0) is 0 Å². The number of aliphatic carboxylic acids is 1. The summed E-state index contributed by atoms with van der Waals surface area (Å²) in [5.74, 6) is -1.76. The molecule has 1 aliphatic heterocycles. The average Bonchev–Trinajstić information content (AvgIpc) is 2.37. The van der Waals surface area contributed by atoms with Crippen LogP contribution in [0.3, 0.4) is 0 Å². The maximum atomic E-state index is 13.4. The molecule has 1 fully saturated rings. The van der Waals surface area contributed by atoms with Crippen molar-refractivity contribution in [3.8, 4) is 0 Å². The molecule has 2 unspecified atom stereocenters. The molecular formula is C6H5F5O6. The molecule has 0 aromatic heterocycles. The minimum absolute atomic E-state index is 1.25. The summed E-state index contributed by atoms with van der Waals surface area (Å²) in [6, 6.07) is -8.55. The van der Waals surface area contributed by atoms with E-state index in [0.717, 1.165) is 0 Å². The smallest absolute Gasteiger partial charge is 0.480 e. The molecule has 6 nitrogen and oxygen atoms in total. The lowest BCUT2D eigenvalue weighted by Crippen LogP contribution is -2.52. The van der Waals surface area contributed by atoms with Crippen molar-refractivity contribution in [1.29, 1.82) is 0 Å². The van der Waals surface area contributed by atoms with E-state index in [2.05, 4.69) is 18.9 Å². The molecule has 100 valence electrons. The molecule has 0 bridgehead atoms. The summed E-state index contributed by atoms with van der Waals surface area (Å²) >= 11 is 0. The average molecular weight is 268 g/mol. The molecule has 1 heterocycles. The van der Waals surface area contributed by atoms with Gasteiger partial charge in [0.05, 0.1) is 0 Å². The van der Waals surface area contributed by atoms with Crippen LogP contribution in [0.15, 0.2) is 0 Å². The highest BCUT2D eigenvalue weighted by Gasteiger charge is 2.69. The van der Waals surface area contributed by atoms with Gasteiger partial charge in [-0.1, -0.05) is 0 Å². The summed E-state index contributed by atoms with van der Waals surface area (Å²) in [6.07, 6.45) is -5.58. The van der Waals surface area contributed by atoms with E-state index in [9.17, 15) is 26.7 Å². The third-order valence-electron chi connectivity index (χ3n) is 1.47. The van der Waals surface area contributed by atoms with Gasteiger partial charge < -0.3 is 9.84 Å². The molecule has 0 saturated carbocycles. The Hall–Kier alpha value is -1.04. The first-order valence-electron chi connectivity index (χ1n) is 3.86. The Balaban J connectivity index is 2.79. The Morgan fingerprint density at radius 2 is 1.82 bits per heavy atom. The molecule has 2 atom stereocenters. The van der Waals surface area contributed by atoms with E-state index >= 15 is 0 Å². The second kappa shape index (κ2) is 4.33. The van der Waals surface area contributed by atoms with Crippen LogP contribution >= 0.6 is 0 Å². The van der Waals surface area contributed by atoms with E-state index < -0.39 is 37.8 Å². The monoisotopic (exact) mass is 268 g/mol. The molecule has 0 aliphatic carbocycles. The van der Waals surface area contributed by atoms with Gasteiger partial charge in [-0.15, -0.1) is 13.2 Å². The number of hydrogen-bond acceptors (Lipinski definition) is 5. The number of carbonyl (C=O) groups is 1. The van der Waals surface area contributed by atoms with Crippen LogP contribution in [0.4, 0.5) is 22.0 Å². The highest BCUT2D eigenvalue weighted by molar-refractivity contribution is 5.68. The minimum Gasteiger partial charge on any atom is -0.480 e. The van der Waals surface area contributed by atoms with Gasteiger partial charge in [0.1, 0.15) is 0 Å². The van der Waals surface area contributed by atoms with Crippen molar-refractivity contribution in [3.63, 3.8) is 0 Å². The van der Waals surface area contributed by atoms with Crippen molar-refractivity contribution in [2.45, 2.75) is 18.4 Å². The summed E-state index contributed by atoms with van der Waals surface area (Å²) in [5, 5.41) is 8.12. The van der Waals surface area contributed by atoms with Gasteiger partial charge in [-0.25, -0.2) is 9.53 Å². The number of halogens is 5. The number of alkyl halides is 5. The molecule has 0 aromatic rings. The van der Waals surface area contributed by atoms with E-state index in [1.54, 1.807) is 0 Å². The van der Waals surface area contributed by atoms with Crippen LogP contribution in [0.2, 0.25) is 0 Å². The molecular weight excluding hydrogens is 263 g/mol. The molecule has 0 radical (unpaired) electrons. The fourth-order valence-electron chi connectivity index (χ4n) is 0.875. The van der Waals surface area contributed by atoms with Crippen molar-refractivity contribution in [1.82, 2.24) is 0 Å². The van der Waals surface area contributed by atoms with Crippen molar-refractivity contribution in [2.75, 3.05) is 13.4 Å².